The molecule has 0 saturated carbocycles. The number of aromatic nitrogens is 2. The van der Waals surface area contributed by atoms with Crippen LogP contribution >= 0.6 is 0 Å². The quantitative estimate of drug-likeness (QED) is 0.845. The number of nitrogens with one attached hydrogen (secondary N) is 1. The van der Waals surface area contributed by atoms with Crippen molar-refractivity contribution in [1.82, 2.24) is 15.3 Å². The Bertz CT molecular complexity index is 469. The van der Waals surface area contributed by atoms with E-state index in [1.165, 1.54) is 0 Å². The van der Waals surface area contributed by atoms with E-state index in [-0.39, 0.29) is 11.8 Å². The van der Waals surface area contributed by atoms with Crippen molar-refractivity contribution in [3.63, 3.8) is 0 Å². The second-order valence-electron chi connectivity index (χ2n) is 5.88. The Morgan fingerprint density at radius 3 is 2.76 bits per heavy atom. The highest BCUT2D eigenvalue weighted by molar-refractivity contribution is 5.79. The van der Waals surface area contributed by atoms with E-state index in [0.717, 1.165) is 62.7 Å². The van der Waals surface area contributed by atoms with Crippen LogP contribution in [0.1, 0.15) is 44.0 Å². The van der Waals surface area contributed by atoms with Gasteiger partial charge in [0.1, 0.15) is 0 Å². The minimum absolute atomic E-state index is 0.0556. The average molecular weight is 290 g/mol. The number of aryl methyl sites for hydroxylation is 2. The molecule has 5 heteroatoms. The molecule has 0 spiro atoms. The van der Waals surface area contributed by atoms with Gasteiger partial charge < -0.3 is 10.2 Å². The van der Waals surface area contributed by atoms with Crippen LogP contribution in [0.3, 0.4) is 0 Å². The van der Waals surface area contributed by atoms with Crippen molar-refractivity contribution in [2.45, 2.75) is 46.5 Å². The first-order valence-electron chi connectivity index (χ1n) is 7.95. The largest absolute Gasteiger partial charge is 0.356 e. The Kier molecular flexibility index (Phi) is 5.53. The summed E-state index contributed by atoms with van der Waals surface area (Å²) in [6, 6.07) is 1.97. The molecule has 1 aliphatic rings. The number of anilines is 1. The van der Waals surface area contributed by atoms with Crippen molar-refractivity contribution in [1.29, 1.82) is 0 Å². The molecule has 116 valence electrons. The summed E-state index contributed by atoms with van der Waals surface area (Å²) < 4.78 is 0. The van der Waals surface area contributed by atoms with Crippen LogP contribution < -0.4 is 10.2 Å². The molecule has 5 nitrogen and oxygen atoms in total. The van der Waals surface area contributed by atoms with Gasteiger partial charge in [0, 0.05) is 31.0 Å². The maximum absolute atomic E-state index is 12.2. The second-order valence-corrected chi connectivity index (χ2v) is 5.88. The van der Waals surface area contributed by atoms with Crippen LogP contribution in [0, 0.1) is 19.8 Å². The summed E-state index contributed by atoms with van der Waals surface area (Å²) in [4.78, 5) is 23.4. The number of hydrogen-bond acceptors (Lipinski definition) is 4. The van der Waals surface area contributed by atoms with Gasteiger partial charge in [-0.2, -0.15) is 0 Å². The second kappa shape index (κ2) is 7.38. The fourth-order valence-electron chi connectivity index (χ4n) is 2.75. The summed E-state index contributed by atoms with van der Waals surface area (Å²) in [6.45, 7) is 8.54. The molecule has 1 N–H and O–H groups in total. The summed E-state index contributed by atoms with van der Waals surface area (Å²) in [6.07, 6.45) is 4.12. The molecule has 0 bridgehead atoms. The highest BCUT2D eigenvalue weighted by Gasteiger charge is 2.27. The molecule has 1 atom stereocenters. The third-order valence-electron chi connectivity index (χ3n) is 3.88. The molecule has 0 radical (unpaired) electrons. The first kappa shape index (κ1) is 15.7. The molecule has 1 aromatic rings. The Morgan fingerprint density at radius 1 is 1.38 bits per heavy atom. The molecule has 2 heterocycles. The van der Waals surface area contributed by atoms with E-state index in [1.807, 2.05) is 19.9 Å². The van der Waals surface area contributed by atoms with Crippen molar-refractivity contribution in [3.05, 3.63) is 17.5 Å². The Morgan fingerprint density at radius 2 is 2.10 bits per heavy atom. The molecule has 1 aromatic heterocycles. The van der Waals surface area contributed by atoms with Crippen LogP contribution in [0.2, 0.25) is 0 Å². The summed E-state index contributed by atoms with van der Waals surface area (Å²) in [7, 11) is 0. The molecule has 1 saturated heterocycles. The van der Waals surface area contributed by atoms with Gasteiger partial charge in [-0.15, -0.1) is 0 Å². The lowest BCUT2D eigenvalue weighted by Gasteiger charge is -2.32. The van der Waals surface area contributed by atoms with E-state index < -0.39 is 0 Å². The third-order valence-corrected chi connectivity index (χ3v) is 3.88. The summed E-state index contributed by atoms with van der Waals surface area (Å²) in [5, 5.41) is 3.04. The smallest absolute Gasteiger partial charge is 0.225 e. The van der Waals surface area contributed by atoms with Gasteiger partial charge in [0.05, 0.1) is 5.92 Å². The predicted molar refractivity (Wildman–Crippen MR) is 84.4 cm³/mol. The van der Waals surface area contributed by atoms with Crippen LogP contribution in [-0.4, -0.2) is 35.5 Å². The van der Waals surface area contributed by atoms with Gasteiger partial charge >= 0.3 is 0 Å². The van der Waals surface area contributed by atoms with Gasteiger partial charge in [-0.3, -0.25) is 4.79 Å². The molecule has 0 aromatic carbocycles. The van der Waals surface area contributed by atoms with Gasteiger partial charge in [-0.05, 0) is 39.2 Å². The summed E-state index contributed by atoms with van der Waals surface area (Å²) >= 11 is 0. The average Bonchev–Trinajstić information content (AvgIpc) is 2.46. The predicted octanol–water partition coefficient (Wildman–Crippen LogP) is 2.23. The lowest BCUT2D eigenvalue weighted by Crippen LogP contribution is -2.44. The van der Waals surface area contributed by atoms with E-state index >= 15 is 0 Å². The van der Waals surface area contributed by atoms with Crippen molar-refractivity contribution in [2.75, 3.05) is 24.5 Å². The molecule has 0 aliphatic carbocycles. The zero-order valence-corrected chi connectivity index (χ0v) is 13.4. The first-order chi connectivity index (χ1) is 10.1. The zero-order valence-electron chi connectivity index (χ0n) is 13.4. The Labute approximate surface area is 127 Å². The highest BCUT2D eigenvalue weighted by atomic mass is 16.1. The van der Waals surface area contributed by atoms with Gasteiger partial charge in [0.2, 0.25) is 11.9 Å². The van der Waals surface area contributed by atoms with Crippen molar-refractivity contribution in [3.8, 4) is 0 Å². The van der Waals surface area contributed by atoms with Gasteiger partial charge in [0.15, 0.2) is 0 Å². The van der Waals surface area contributed by atoms with Gasteiger partial charge in [-0.25, -0.2) is 9.97 Å². The molecular weight excluding hydrogens is 264 g/mol. The van der Waals surface area contributed by atoms with E-state index in [2.05, 4.69) is 27.1 Å². The number of piperidine rings is 1. The number of nitrogens with zero attached hydrogens (tertiary/aromatic N) is 3. The molecule has 1 aliphatic heterocycles. The number of rotatable bonds is 5. The number of unbranched alkanes of at least 4 members (excludes halogenated alkanes) is 1. The van der Waals surface area contributed by atoms with Crippen molar-refractivity contribution >= 4 is 11.9 Å². The fourth-order valence-corrected chi connectivity index (χ4v) is 2.75. The van der Waals surface area contributed by atoms with Crippen LogP contribution in [-0.2, 0) is 4.79 Å². The minimum atomic E-state index is 0.0556. The van der Waals surface area contributed by atoms with E-state index in [1.54, 1.807) is 0 Å². The van der Waals surface area contributed by atoms with Gasteiger partial charge in [0.25, 0.3) is 0 Å². The first-order valence-corrected chi connectivity index (χ1v) is 7.95. The summed E-state index contributed by atoms with van der Waals surface area (Å²) in [5.74, 6) is 0.996. The standard InChI is InChI=1S/C16H26N4O/c1-4-5-8-17-15(21)14-7-6-9-20(11-14)16-18-12(2)10-13(3)19-16/h10,14H,4-9,11H2,1-3H3,(H,17,21)/t14-/m0/s1. The van der Waals surface area contributed by atoms with Crippen LogP contribution in [0.15, 0.2) is 6.07 Å². The number of carbonyl (C=O) groups excluding carboxylic acids is 1. The van der Waals surface area contributed by atoms with E-state index in [4.69, 9.17) is 0 Å². The highest BCUT2D eigenvalue weighted by Crippen LogP contribution is 2.21. The van der Waals surface area contributed by atoms with Gasteiger partial charge in [-0.1, -0.05) is 13.3 Å². The third kappa shape index (κ3) is 4.41. The minimum Gasteiger partial charge on any atom is -0.356 e. The molecule has 21 heavy (non-hydrogen) atoms. The number of hydrogen-bond donors (Lipinski definition) is 1. The maximum atomic E-state index is 12.2. The lowest BCUT2D eigenvalue weighted by atomic mass is 9.97. The van der Waals surface area contributed by atoms with Crippen LogP contribution in [0.25, 0.3) is 0 Å². The normalized spacial score (nSPS) is 18.6. The van der Waals surface area contributed by atoms with E-state index in [0.29, 0.717) is 0 Å². The topological polar surface area (TPSA) is 58.1 Å². The lowest BCUT2D eigenvalue weighted by molar-refractivity contribution is -0.125. The number of carbonyl (C=O) groups is 1. The fraction of sp³-hybridized carbons (Fsp3) is 0.688. The maximum Gasteiger partial charge on any atom is 0.225 e. The molecule has 0 unspecified atom stereocenters. The van der Waals surface area contributed by atoms with Crippen molar-refractivity contribution < 1.29 is 4.79 Å². The van der Waals surface area contributed by atoms with Crippen molar-refractivity contribution in [2.24, 2.45) is 5.92 Å². The molecule has 1 fully saturated rings. The molecule has 1 amide bonds. The monoisotopic (exact) mass is 290 g/mol. The van der Waals surface area contributed by atoms with E-state index in [9.17, 15) is 4.79 Å². The Balaban J connectivity index is 1.98. The zero-order chi connectivity index (χ0) is 15.2. The SMILES string of the molecule is CCCCNC(=O)[C@H]1CCCN(c2nc(C)cc(C)n2)C1. The number of amides is 1. The van der Waals surface area contributed by atoms with Crippen LogP contribution in [0.5, 0.6) is 0 Å². The molecular formula is C16H26N4O. The van der Waals surface area contributed by atoms with Crippen LogP contribution in [0.4, 0.5) is 5.95 Å². The summed E-state index contributed by atoms with van der Waals surface area (Å²) in [5.41, 5.74) is 1.96. The Hall–Kier alpha value is -1.65. The molecule has 2 rings (SSSR count).